The Labute approximate surface area is 105 Å². The third kappa shape index (κ3) is 1.82. The highest BCUT2D eigenvalue weighted by Gasteiger charge is 2.06. The maximum atomic E-state index is 13.2. The molecule has 0 aliphatic carbocycles. The fourth-order valence-corrected chi connectivity index (χ4v) is 2.07. The molecule has 84 valence electrons. The largest absolute Gasteiger partial charge is 0.297 e. The Morgan fingerprint density at radius 3 is 2.88 bits per heavy atom. The van der Waals surface area contributed by atoms with Crippen LogP contribution in [0.1, 0.15) is 0 Å². The van der Waals surface area contributed by atoms with Crippen LogP contribution in [0.2, 0.25) is 0 Å². The molecule has 3 nitrogen and oxygen atoms in total. The number of benzene rings is 1. The number of imidazole rings is 1. The Kier molecular flexibility index (Phi) is 2.40. The van der Waals surface area contributed by atoms with E-state index in [1.807, 2.05) is 6.07 Å². The number of hydrogen-bond donors (Lipinski definition) is 0. The number of hydrogen-bond acceptors (Lipinski definition) is 2. The van der Waals surface area contributed by atoms with Crippen molar-refractivity contribution in [1.29, 1.82) is 0 Å². The third-order valence-corrected chi connectivity index (χ3v) is 2.91. The van der Waals surface area contributed by atoms with Gasteiger partial charge in [0.1, 0.15) is 12.1 Å². The summed E-state index contributed by atoms with van der Waals surface area (Å²) in [5.41, 5.74) is 2.32. The summed E-state index contributed by atoms with van der Waals surface area (Å²) >= 11 is 3.36. The molecular formula is C12H7BrFN3. The fraction of sp³-hybridized carbons (Fsp3) is 0. The van der Waals surface area contributed by atoms with E-state index < -0.39 is 0 Å². The summed E-state index contributed by atoms with van der Waals surface area (Å²) in [6, 6.07) is 6.42. The molecule has 2 heterocycles. The maximum absolute atomic E-state index is 13.2. The van der Waals surface area contributed by atoms with Gasteiger partial charge in [-0.25, -0.2) is 9.37 Å². The van der Waals surface area contributed by atoms with Gasteiger partial charge in [-0.1, -0.05) is 0 Å². The second-order valence-electron chi connectivity index (χ2n) is 3.61. The summed E-state index contributed by atoms with van der Waals surface area (Å²) < 4.78 is 15.9. The van der Waals surface area contributed by atoms with Crippen LogP contribution in [0.4, 0.5) is 4.39 Å². The molecule has 0 saturated carbocycles. The average Bonchev–Trinajstić information content (AvgIpc) is 2.71. The summed E-state index contributed by atoms with van der Waals surface area (Å²) in [6.07, 6.45) is 5.06. The maximum Gasteiger partial charge on any atom is 0.125 e. The van der Waals surface area contributed by atoms with Crippen molar-refractivity contribution in [2.24, 2.45) is 0 Å². The van der Waals surface area contributed by atoms with Crippen LogP contribution >= 0.6 is 15.9 Å². The van der Waals surface area contributed by atoms with Gasteiger partial charge in [0.2, 0.25) is 0 Å². The molecule has 17 heavy (non-hydrogen) atoms. The molecule has 1 aromatic carbocycles. The molecule has 0 atom stereocenters. The number of halogens is 2. The fourth-order valence-electron chi connectivity index (χ4n) is 1.72. The molecule has 0 aliphatic heterocycles. The third-order valence-electron chi connectivity index (χ3n) is 2.48. The quantitative estimate of drug-likeness (QED) is 0.689. The van der Waals surface area contributed by atoms with Crippen molar-refractivity contribution in [3.8, 4) is 5.69 Å². The van der Waals surface area contributed by atoms with Gasteiger partial charge in [-0.2, -0.15) is 0 Å². The van der Waals surface area contributed by atoms with E-state index in [-0.39, 0.29) is 5.82 Å². The van der Waals surface area contributed by atoms with E-state index in [1.165, 1.54) is 12.1 Å². The average molecular weight is 292 g/mol. The highest BCUT2D eigenvalue weighted by Crippen LogP contribution is 2.20. The molecule has 0 aliphatic rings. The van der Waals surface area contributed by atoms with Gasteiger partial charge in [-0.15, -0.1) is 0 Å². The van der Waals surface area contributed by atoms with Crippen LogP contribution in [0.5, 0.6) is 0 Å². The zero-order chi connectivity index (χ0) is 11.8. The van der Waals surface area contributed by atoms with E-state index in [9.17, 15) is 4.39 Å². The van der Waals surface area contributed by atoms with Crippen LogP contribution in [0.25, 0.3) is 16.7 Å². The van der Waals surface area contributed by atoms with Crippen molar-refractivity contribution in [2.45, 2.75) is 0 Å². The number of nitrogens with zero attached hydrogens (tertiary/aromatic N) is 3. The molecule has 3 rings (SSSR count). The number of aromatic nitrogens is 3. The number of fused-ring (bicyclic) bond motifs is 1. The van der Waals surface area contributed by atoms with Gasteiger partial charge in [0.05, 0.1) is 22.9 Å². The zero-order valence-corrected chi connectivity index (χ0v) is 10.2. The predicted octanol–water partition coefficient (Wildman–Crippen LogP) is 3.32. The molecule has 0 fully saturated rings. The van der Waals surface area contributed by atoms with Crippen molar-refractivity contribution in [2.75, 3.05) is 0 Å². The molecule has 0 unspecified atom stereocenters. The van der Waals surface area contributed by atoms with Crippen molar-refractivity contribution in [1.82, 2.24) is 14.5 Å². The Morgan fingerprint density at radius 2 is 2.06 bits per heavy atom. The summed E-state index contributed by atoms with van der Waals surface area (Å²) in [7, 11) is 0. The second-order valence-corrected chi connectivity index (χ2v) is 4.52. The molecule has 2 aromatic heterocycles. The van der Waals surface area contributed by atoms with E-state index in [2.05, 4.69) is 25.9 Å². The van der Waals surface area contributed by atoms with Gasteiger partial charge >= 0.3 is 0 Å². The lowest BCUT2D eigenvalue weighted by molar-refractivity contribution is 0.629. The predicted molar refractivity (Wildman–Crippen MR) is 66.5 cm³/mol. The minimum atomic E-state index is -0.276. The zero-order valence-electron chi connectivity index (χ0n) is 8.64. The van der Waals surface area contributed by atoms with Gasteiger partial charge in [-0.05, 0) is 34.1 Å². The van der Waals surface area contributed by atoms with E-state index in [0.717, 1.165) is 21.2 Å². The summed E-state index contributed by atoms with van der Waals surface area (Å²) in [5.74, 6) is -0.276. The Balaban J connectivity index is 2.27. The standard InChI is InChI=1S/C12H7BrFN3/c13-8-3-10(6-15-5-8)17-7-16-11-2-1-9(14)4-12(11)17/h1-7H. The summed E-state index contributed by atoms with van der Waals surface area (Å²) in [4.78, 5) is 8.30. The lowest BCUT2D eigenvalue weighted by Gasteiger charge is -2.03. The van der Waals surface area contributed by atoms with Crippen molar-refractivity contribution in [3.63, 3.8) is 0 Å². The van der Waals surface area contributed by atoms with Crippen LogP contribution in [0.15, 0.2) is 47.5 Å². The van der Waals surface area contributed by atoms with E-state index in [1.54, 1.807) is 29.4 Å². The van der Waals surface area contributed by atoms with Gasteiger partial charge < -0.3 is 0 Å². The molecular weight excluding hydrogens is 285 g/mol. The first kappa shape index (κ1) is 10.4. The van der Waals surface area contributed by atoms with Gasteiger partial charge in [0, 0.05) is 16.7 Å². The summed E-state index contributed by atoms with van der Waals surface area (Å²) in [6.45, 7) is 0. The lowest BCUT2D eigenvalue weighted by Crippen LogP contribution is -1.93. The smallest absolute Gasteiger partial charge is 0.125 e. The Bertz CT molecular complexity index is 693. The van der Waals surface area contributed by atoms with Gasteiger partial charge in [0.25, 0.3) is 0 Å². The van der Waals surface area contributed by atoms with E-state index in [0.29, 0.717) is 0 Å². The van der Waals surface area contributed by atoms with Crippen molar-refractivity contribution >= 4 is 27.0 Å². The molecule has 0 bridgehead atoms. The minimum Gasteiger partial charge on any atom is -0.297 e. The van der Waals surface area contributed by atoms with Crippen LogP contribution in [-0.2, 0) is 0 Å². The van der Waals surface area contributed by atoms with Crippen molar-refractivity contribution in [3.05, 3.63) is 53.3 Å². The molecule has 0 saturated heterocycles. The second kappa shape index (κ2) is 3.92. The molecule has 0 amide bonds. The Hall–Kier alpha value is -1.75. The lowest BCUT2D eigenvalue weighted by atomic mass is 10.3. The highest BCUT2D eigenvalue weighted by atomic mass is 79.9. The minimum absolute atomic E-state index is 0.276. The van der Waals surface area contributed by atoms with E-state index in [4.69, 9.17) is 0 Å². The SMILES string of the molecule is Fc1ccc2ncn(-c3cncc(Br)c3)c2c1. The summed E-state index contributed by atoms with van der Waals surface area (Å²) in [5, 5.41) is 0. The molecule has 0 spiro atoms. The van der Waals surface area contributed by atoms with Crippen molar-refractivity contribution < 1.29 is 4.39 Å². The molecule has 5 heteroatoms. The van der Waals surface area contributed by atoms with Gasteiger partial charge in [-0.3, -0.25) is 9.55 Å². The van der Waals surface area contributed by atoms with Crippen LogP contribution in [-0.4, -0.2) is 14.5 Å². The molecule has 0 radical (unpaired) electrons. The van der Waals surface area contributed by atoms with Crippen LogP contribution < -0.4 is 0 Å². The monoisotopic (exact) mass is 291 g/mol. The first-order chi connectivity index (χ1) is 8.24. The van der Waals surface area contributed by atoms with Crippen LogP contribution in [0.3, 0.4) is 0 Å². The van der Waals surface area contributed by atoms with Crippen LogP contribution in [0, 0.1) is 5.82 Å². The number of pyridine rings is 1. The normalized spacial score (nSPS) is 10.9. The van der Waals surface area contributed by atoms with E-state index >= 15 is 0 Å². The molecule has 3 aromatic rings. The van der Waals surface area contributed by atoms with Gasteiger partial charge in [0.15, 0.2) is 0 Å². The molecule has 0 N–H and O–H groups in total. The Morgan fingerprint density at radius 1 is 1.18 bits per heavy atom. The topological polar surface area (TPSA) is 30.7 Å². The first-order valence-electron chi connectivity index (χ1n) is 4.97. The first-order valence-corrected chi connectivity index (χ1v) is 5.77. The highest BCUT2D eigenvalue weighted by molar-refractivity contribution is 9.10. The number of rotatable bonds is 1.